The van der Waals surface area contributed by atoms with Crippen LogP contribution in [0, 0.1) is 11.8 Å². The number of hydrogen-bond acceptors (Lipinski definition) is 7. The van der Waals surface area contributed by atoms with Crippen molar-refractivity contribution in [1.29, 1.82) is 0 Å². The monoisotopic (exact) mass is 699 g/mol. The predicted molar refractivity (Wildman–Crippen MR) is 188 cm³/mol. The van der Waals surface area contributed by atoms with Crippen molar-refractivity contribution in [2.24, 2.45) is 11.8 Å². The normalized spacial score (nSPS) is 38.6. The minimum absolute atomic E-state index is 0.00528. The van der Waals surface area contributed by atoms with Gasteiger partial charge in [0, 0.05) is 37.9 Å². The van der Waals surface area contributed by atoms with Gasteiger partial charge in [-0.1, -0.05) is 39.3 Å². The zero-order valence-corrected chi connectivity index (χ0v) is 31.5. The van der Waals surface area contributed by atoms with Crippen molar-refractivity contribution in [3.05, 3.63) is 11.3 Å². The van der Waals surface area contributed by atoms with Crippen molar-refractivity contribution < 1.29 is 33.7 Å². The van der Waals surface area contributed by atoms with E-state index in [-0.39, 0.29) is 60.6 Å². The van der Waals surface area contributed by atoms with E-state index in [1.165, 1.54) is 11.3 Å². The van der Waals surface area contributed by atoms with E-state index in [0.717, 1.165) is 89.9 Å². The second kappa shape index (κ2) is 14.2. The summed E-state index contributed by atoms with van der Waals surface area (Å²) in [6.07, 6.45) is 14.2. The average molecular weight is 700 g/mol. The van der Waals surface area contributed by atoms with E-state index >= 15 is 4.79 Å². The number of methoxy groups -OCH3 is 1. The van der Waals surface area contributed by atoms with Gasteiger partial charge in [0.1, 0.15) is 6.61 Å². The summed E-state index contributed by atoms with van der Waals surface area (Å²) in [4.78, 5) is 47.6. The molecule has 0 radical (unpaired) electrons. The molecule has 1 spiro atoms. The van der Waals surface area contributed by atoms with Crippen LogP contribution >= 0.6 is 0 Å². The number of ether oxygens (including phenoxy) is 3. The highest BCUT2D eigenvalue weighted by molar-refractivity contribution is 6.80. The van der Waals surface area contributed by atoms with Crippen molar-refractivity contribution in [3.8, 4) is 0 Å². The van der Waals surface area contributed by atoms with Crippen LogP contribution in [-0.2, 0) is 23.8 Å². The van der Waals surface area contributed by atoms with Crippen LogP contribution < -0.4 is 0 Å². The summed E-state index contributed by atoms with van der Waals surface area (Å²) < 4.78 is 18.4. The molecule has 11 heteroatoms. The first kappa shape index (κ1) is 35.4. The lowest BCUT2D eigenvalue weighted by atomic mass is 9.78. The number of likely N-dealkylation sites (tertiary alicyclic amines) is 1. The molecule has 5 fully saturated rings. The van der Waals surface area contributed by atoms with Gasteiger partial charge in [-0.25, -0.2) is 4.79 Å². The lowest BCUT2D eigenvalue weighted by Gasteiger charge is -2.45. The molecular weight excluding hydrogens is 639 g/mol. The average Bonchev–Trinajstić information content (AvgIpc) is 3.88. The summed E-state index contributed by atoms with van der Waals surface area (Å²) in [5.41, 5.74) is 2.14. The molecule has 4 aliphatic heterocycles. The second-order valence-corrected chi connectivity index (χ2v) is 22.2. The maximum atomic E-state index is 15.2. The first-order chi connectivity index (χ1) is 23.6. The molecular formula is C38H61N3O7Si. The summed E-state index contributed by atoms with van der Waals surface area (Å²) in [6.45, 7) is 9.79. The van der Waals surface area contributed by atoms with Crippen LogP contribution in [0.2, 0.25) is 24.2 Å². The van der Waals surface area contributed by atoms with E-state index in [1.807, 2.05) is 16.9 Å². The van der Waals surface area contributed by atoms with Gasteiger partial charge in [-0.2, -0.15) is 0 Å². The van der Waals surface area contributed by atoms with Gasteiger partial charge < -0.3 is 34.0 Å². The molecule has 4 heterocycles. The lowest BCUT2D eigenvalue weighted by Crippen LogP contribution is -2.51. The molecule has 2 unspecified atom stereocenters. The molecule has 1 N–H and O–H groups in total. The number of aliphatic hydroxyl groups excluding tert-OH is 1. The first-order valence-electron chi connectivity index (χ1n) is 19.7. The molecule has 10 nitrogen and oxygen atoms in total. The number of cyclic esters (lactones) is 1. The molecule has 7 rings (SSSR count). The van der Waals surface area contributed by atoms with E-state index < -0.39 is 13.7 Å². The van der Waals surface area contributed by atoms with E-state index in [9.17, 15) is 14.7 Å². The Hall–Kier alpha value is -1.95. The highest BCUT2D eigenvalue weighted by atomic mass is 28.3. The number of fused-ring (bicyclic) bond motifs is 1. The van der Waals surface area contributed by atoms with Crippen LogP contribution in [0.4, 0.5) is 4.79 Å². The minimum atomic E-state index is -2.09. The highest BCUT2D eigenvalue weighted by Gasteiger charge is 2.67. The van der Waals surface area contributed by atoms with Gasteiger partial charge in [-0.05, 0) is 93.2 Å². The largest absolute Gasteiger partial charge is 0.448 e. The van der Waals surface area contributed by atoms with Crippen molar-refractivity contribution >= 4 is 26.0 Å². The van der Waals surface area contributed by atoms with Gasteiger partial charge >= 0.3 is 6.09 Å². The smallest absolute Gasteiger partial charge is 0.410 e. The lowest BCUT2D eigenvalue weighted by molar-refractivity contribution is -0.152. The summed E-state index contributed by atoms with van der Waals surface area (Å²) in [7, 11) is -0.264. The van der Waals surface area contributed by atoms with Crippen LogP contribution in [0.5, 0.6) is 0 Å². The molecule has 7 aliphatic rings. The number of aliphatic hydroxyl groups is 1. The predicted octanol–water partition coefficient (Wildman–Crippen LogP) is 5.85. The summed E-state index contributed by atoms with van der Waals surface area (Å²) in [5, 5.41) is 10.1. The maximum absolute atomic E-state index is 15.2. The molecule has 0 aromatic heterocycles. The summed E-state index contributed by atoms with van der Waals surface area (Å²) >= 11 is 0. The number of amides is 3. The van der Waals surface area contributed by atoms with E-state index in [4.69, 9.17) is 14.2 Å². The highest BCUT2D eigenvalue weighted by Crippen LogP contribution is 2.61. The van der Waals surface area contributed by atoms with Crippen molar-refractivity contribution in [1.82, 2.24) is 14.7 Å². The number of carbonyl (C=O) groups excluding carboxylic acids is 3. The van der Waals surface area contributed by atoms with Crippen LogP contribution in [0.25, 0.3) is 0 Å². The molecule has 49 heavy (non-hydrogen) atoms. The number of hydrogen-bond donors (Lipinski definition) is 1. The number of carbonyl (C=O) groups is 3. The van der Waals surface area contributed by atoms with E-state index in [2.05, 4.69) is 24.9 Å². The summed E-state index contributed by atoms with van der Waals surface area (Å²) in [6, 6.07) is 0.0567. The van der Waals surface area contributed by atoms with Gasteiger partial charge in [0.15, 0.2) is 5.60 Å². The Morgan fingerprint density at radius 3 is 2.49 bits per heavy atom. The molecule has 3 aliphatic carbocycles. The minimum Gasteiger partial charge on any atom is -0.448 e. The first-order valence-corrected chi connectivity index (χ1v) is 22.8. The zero-order chi connectivity index (χ0) is 34.5. The Morgan fingerprint density at radius 2 is 1.78 bits per heavy atom. The third kappa shape index (κ3) is 6.20. The molecule has 3 saturated heterocycles. The van der Waals surface area contributed by atoms with Gasteiger partial charge in [0.05, 0.1) is 45.9 Å². The third-order valence-electron chi connectivity index (χ3n) is 14.3. The Morgan fingerprint density at radius 1 is 1.00 bits per heavy atom. The van der Waals surface area contributed by atoms with E-state index in [1.54, 1.807) is 0 Å². The van der Waals surface area contributed by atoms with Crippen molar-refractivity contribution in [2.75, 3.05) is 40.0 Å². The molecule has 2 saturated carbocycles. The van der Waals surface area contributed by atoms with Gasteiger partial charge in [0.25, 0.3) is 5.91 Å². The fraction of sp³-hybridized carbons (Fsp3) is 0.868. The topological polar surface area (TPSA) is 109 Å². The van der Waals surface area contributed by atoms with Crippen LogP contribution in [0.15, 0.2) is 11.3 Å². The number of rotatable bonds is 9. The quantitative estimate of drug-likeness (QED) is 0.301. The Balaban J connectivity index is 1.18. The standard InChI is InChI=1S/C38H61N3O7Si/c1-25-35(49(3,4)30-16-14-29(46-2)15-17-30)33(22-34(43)39-18-8-11-28(39)24-42)48-38(25)31-12-5-6-13-32(31)41(36(38)44)23-26-9-7-10-27(21-26)40-19-20-47-37(40)45/h25-30,33,35,42H,5-24H2,1-4H3/t25-,26?,27?,28-,29?,30?,33+,35-,38+/m0/s1. The number of nitrogens with zero attached hydrogens (tertiary/aromatic N) is 3. The fourth-order valence-electron chi connectivity index (χ4n) is 11.8. The molecule has 7 atom stereocenters. The molecule has 274 valence electrons. The van der Waals surface area contributed by atoms with Crippen molar-refractivity contribution in [3.63, 3.8) is 0 Å². The maximum Gasteiger partial charge on any atom is 0.410 e. The van der Waals surface area contributed by atoms with E-state index in [0.29, 0.717) is 43.8 Å². The van der Waals surface area contributed by atoms with Crippen LogP contribution in [-0.4, -0.2) is 116 Å². The molecule has 3 amide bonds. The van der Waals surface area contributed by atoms with Crippen LogP contribution in [0.1, 0.15) is 103 Å². The Kier molecular flexibility index (Phi) is 10.3. The van der Waals surface area contributed by atoms with Crippen molar-refractivity contribution in [2.45, 2.75) is 157 Å². The molecule has 0 aromatic rings. The molecule has 0 aromatic carbocycles. The molecule has 0 bridgehead atoms. The zero-order valence-electron chi connectivity index (χ0n) is 30.5. The second-order valence-electron chi connectivity index (χ2n) is 17.0. The summed E-state index contributed by atoms with van der Waals surface area (Å²) in [5.74, 6) is 0.479. The SMILES string of the molecule is COC1CCC([Si](C)(C)[C@@H]2[C@@H](CC(=O)N3CCC[C@H]3CO)O[C@]3(C(=O)N(CC4CCCC(N5CCOC5=O)C4)C4=C3CCCC4)[C@H]2C)CC1. The third-order valence-corrected chi connectivity index (χ3v) is 19.6. The van der Waals surface area contributed by atoms with Gasteiger partial charge in [-0.15, -0.1) is 0 Å². The van der Waals surface area contributed by atoms with Gasteiger partial charge in [0.2, 0.25) is 5.91 Å². The van der Waals surface area contributed by atoms with Gasteiger partial charge in [-0.3, -0.25) is 9.59 Å². The number of allylic oxidation sites excluding steroid dienone is 1. The Bertz CT molecular complexity index is 1300. The Labute approximate surface area is 294 Å². The fourth-order valence-corrected chi connectivity index (χ4v) is 16.8. The van der Waals surface area contributed by atoms with Crippen LogP contribution in [0.3, 0.4) is 0 Å².